The van der Waals surface area contributed by atoms with Gasteiger partial charge in [0.15, 0.2) is 0 Å². The molecule has 0 radical (unpaired) electrons. The summed E-state index contributed by atoms with van der Waals surface area (Å²) in [5.74, 6) is 0.563. The normalized spacial score (nSPS) is 10.6. The van der Waals surface area contributed by atoms with Crippen molar-refractivity contribution in [2.45, 2.75) is 31.3 Å². The minimum atomic E-state index is 0.0873. The molecule has 0 saturated carbocycles. The zero-order chi connectivity index (χ0) is 12.7. The fourth-order valence-electron chi connectivity index (χ4n) is 1.42. The Morgan fingerprint density at radius 1 is 1.29 bits per heavy atom. The number of hydrogen-bond acceptors (Lipinski definition) is 3. The lowest BCUT2D eigenvalue weighted by atomic mass is 10.2. The van der Waals surface area contributed by atoms with Crippen molar-refractivity contribution >= 4 is 17.7 Å². The molecule has 17 heavy (non-hydrogen) atoms. The molecule has 1 aromatic rings. The zero-order valence-electron chi connectivity index (χ0n) is 10.6. The molecular weight excluding hydrogens is 232 g/mol. The van der Waals surface area contributed by atoms with Crippen LogP contribution in [-0.2, 0) is 11.3 Å². The molecule has 0 saturated heterocycles. The summed E-state index contributed by atoms with van der Waals surface area (Å²) in [5.41, 5.74) is 1.25. The van der Waals surface area contributed by atoms with E-state index in [0.717, 1.165) is 11.4 Å². The number of hydrogen-bond donors (Lipinski definition) is 2. The highest BCUT2D eigenvalue weighted by Crippen LogP contribution is 2.18. The fraction of sp³-hybridized carbons (Fsp3) is 0.462. The Bertz CT molecular complexity index is 349. The van der Waals surface area contributed by atoms with Crippen LogP contribution in [0.1, 0.15) is 19.4 Å². The zero-order valence-corrected chi connectivity index (χ0v) is 11.4. The number of carbonyl (C=O) groups is 1. The van der Waals surface area contributed by atoms with Gasteiger partial charge in [-0.15, -0.1) is 11.8 Å². The van der Waals surface area contributed by atoms with Gasteiger partial charge in [0, 0.05) is 17.5 Å². The van der Waals surface area contributed by atoms with Gasteiger partial charge < -0.3 is 10.6 Å². The maximum absolute atomic E-state index is 11.5. The lowest BCUT2D eigenvalue weighted by Gasteiger charge is -2.08. The monoisotopic (exact) mass is 252 g/mol. The van der Waals surface area contributed by atoms with Gasteiger partial charge in [-0.05, 0) is 38.6 Å². The van der Waals surface area contributed by atoms with Gasteiger partial charge in [-0.1, -0.05) is 12.1 Å². The summed E-state index contributed by atoms with van der Waals surface area (Å²) in [6, 6.07) is 8.49. The third-order valence-corrected chi connectivity index (χ3v) is 3.14. The number of thioether (sulfide) groups is 1. The summed E-state index contributed by atoms with van der Waals surface area (Å²) in [5, 5.41) is 5.98. The van der Waals surface area contributed by atoms with Crippen LogP contribution in [0.2, 0.25) is 0 Å². The molecular formula is C13H20N2OS. The standard InChI is InChI=1S/C13H20N2OS/c1-10(2)15-13(16)9-17-12-6-4-11(5-7-12)8-14-3/h4-7,10,14H,8-9H2,1-3H3,(H,15,16). The maximum Gasteiger partial charge on any atom is 0.230 e. The van der Waals surface area contributed by atoms with Crippen LogP contribution in [0.15, 0.2) is 29.2 Å². The van der Waals surface area contributed by atoms with Gasteiger partial charge >= 0.3 is 0 Å². The minimum absolute atomic E-state index is 0.0873. The highest BCUT2D eigenvalue weighted by atomic mass is 32.2. The molecule has 0 spiro atoms. The summed E-state index contributed by atoms with van der Waals surface area (Å²) < 4.78 is 0. The topological polar surface area (TPSA) is 41.1 Å². The summed E-state index contributed by atoms with van der Waals surface area (Å²) >= 11 is 1.56. The molecule has 4 heteroatoms. The molecule has 0 aliphatic rings. The van der Waals surface area contributed by atoms with Gasteiger partial charge in [0.1, 0.15) is 0 Å². The molecule has 0 atom stereocenters. The van der Waals surface area contributed by atoms with E-state index in [-0.39, 0.29) is 11.9 Å². The summed E-state index contributed by atoms with van der Waals surface area (Å²) in [4.78, 5) is 12.6. The van der Waals surface area contributed by atoms with E-state index in [9.17, 15) is 4.79 Å². The van der Waals surface area contributed by atoms with Gasteiger partial charge in [0.2, 0.25) is 5.91 Å². The number of rotatable bonds is 6. The van der Waals surface area contributed by atoms with E-state index in [4.69, 9.17) is 0 Å². The van der Waals surface area contributed by atoms with E-state index < -0.39 is 0 Å². The van der Waals surface area contributed by atoms with Gasteiger partial charge in [-0.2, -0.15) is 0 Å². The molecule has 1 rings (SSSR count). The van der Waals surface area contributed by atoms with Crippen molar-refractivity contribution in [3.05, 3.63) is 29.8 Å². The molecule has 1 amide bonds. The second-order valence-corrected chi connectivity index (χ2v) is 5.23. The van der Waals surface area contributed by atoms with Crippen LogP contribution >= 0.6 is 11.8 Å². The summed E-state index contributed by atoms with van der Waals surface area (Å²) in [7, 11) is 1.93. The van der Waals surface area contributed by atoms with Crippen molar-refractivity contribution in [1.82, 2.24) is 10.6 Å². The van der Waals surface area contributed by atoms with Gasteiger partial charge in [-0.25, -0.2) is 0 Å². The number of nitrogens with one attached hydrogen (secondary N) is 2. The van der Waals surface area contributed by atoms with Crippen LogP contribution in [-0.4, -0.2) is 24.7 Å². The number of benzene rings is 1. The Kier molecular flexibility index (Phi) is 6.08. The van der Waals surface area contributed by atoms with E-state index in [0.29, 0.717) is 5.75 Å². The Hall–Kier alpha value is -1.00. The summed E-state index contributed by atoms with van der Waals surface area (Å²) in [6.07, 6.45) is 0. The Morgan fingerprint density at radius 2 is 1.94 bits per heavy atom. The van der Waals surface area contributed by atoms with E-state index in [2.05, 4.69) is 34.9 Å². The van der Waals surface area contributed by atoms with Gasteiger partial charge in [-0.3, -0.25) is 4.79 Å². The van der Waals surface area contributed by atoms with Gasteiger partial charge in [0.25, 0.3) is 0 Å². The largest absolute Gasteiger partial charge is 0.353 e. The lowest BCUT2D eigenvalue weighted by molar-refractivity contribution is -0.119. The average Bonchev–Trinajstić information content (AvgIpc) is 2.28. The molecule has 0 unspecified atom stereocenters. The first kappa shape index (κ1) is 14.1. The van der Waals surface area contributed by atoms with Gasteiger partial charge in [0.05, 0.1) is 5.75 Å². The first-order valence-electron chi connectivity index (χ1n) is 5.77. The van der Waals surface area contributed by atoms with E-state index in [1.165, 1.54) is 5.56 Å². The van der Waals surface area contributed by atoms with Crippen molar-refractivity contribution in [2.75, 3.05) is 12.8 Å². The molecule has 1 aromatic carbocycles. The van der Waals surface area contributed by atoms with Crippen molar-refractivity contribution in [1.29, 1.82) is 0 Å². The third kappa shape index (κ3) is 5.75. The number of amides is 1. The van der Waals surface area contributed by atoms with E-state index in [1.807, 2.05) is 20.9 Å². The molecule has 2 N–H and O–H groups in total. The Balaban J connectivity index is 2.39. The van der Waals surface area contributed by atoms with E-state index in [1.54, 1.807) is 11.8 Å². The van der Waals surface area contributed by atoms with Crippen LogP contribution in [0.4, 0.5) is 0 Å². The average molecular weight is 252 g/mol. The molecule has 3 nitrogen and oxygen atoms in total. The molecule has 0 aliphatic heterocycles. The van der Waals surface area contributed by atoms with Crippen molar-refractivity contribution in [2.24, 2.45) is 0 Å². The highest BCUT2D eigenvalue weighted by molar-refractivity contribution is 8.00. The molecule has 94 valence electrons. The van der Waals surface area contributed by atoms with Crippen molar-refractivity contribution < 1.29 is 4.79 Å². The van der Waals surface area contributed by atoms with Crippen molar-refractivity contribution in [3.8, 4) is 0 Å². The molecule has 0 heterocycles. The number of carbonyl (C=O) groups excluding carboxylic acids is 1. The highest BCUT2D eigenvalue weighted by Gasteiger charge is 2.04. The Morgan fingerprint density at radius 3 is 2.47 bits per heavy atom. The quantitative estimate of drug-likeness (QED) is 0.761. The smallest absolute Gasteiger partial charge is 0.230 e. The van der Waals surface area contributed by atoms with Crippen LogP contribution in [0.5, 0.6) is 0 Å². The third-order valence-electron chi connectivity index (χ3n) is 2.12. The maximum atomic E-state index is 11.5. The van der Waals surface area contributed by atoms with Crippen LogP contribution in [0, 0.1) is 0 Å². The second-order valence-electron chi connectivity index (χ2n) is 4.19. The van der Waals surface area contributed by atoms with Crippen LogP contribution < -0.4 is 10.6 Å². The van der Waals surface area contributed by atoms with Crippen LogP contribution in [0.3, 0.4) is 0 Å². The molecule has 0 fully saturated rings. The molecule has 0 aromatic heterocycles. The molecule has 0 bridgehead atoms. The second kappa shape index (κ2) is 7.35. The lowest BCUT2D eigenvalue weighted by Crippen LogP contribution is -2.31. The SMILES string of the molecule is CNCc1ccc(SCC(=O)NC(C)C)cc1. The Labute approximate surface area is 107 Å². The molecule has 0 aliphatic carbocycles. The fourth-order valence-corrected chi connectivity index (χ4v) is 2.13. The summed E-state index contributed by atoms with van der Waals surface area (Å²) in [6.45, 7) is 4.81. The van der Waals surface area contributed by atoms with Crippen LogP contribution in [0.25, 0.3) is 0 Å². The first-order valence-corrected chi connectivity index (χ1v) is 6.76. The predicted molar refractivity (Wildman–Crippen MR) is 73.2 cm³/mol. The minimum Gasteiger partial charge on any atom is -0.353 e. The van der Waals surface area contributed by atoms with Crippen molar-refractivity contribution in [3.63, 3.8) is 0 Å². The predicted octanol–water partition coefficient (Wildman–Crippen LogP) is 2.02. The first-order chi connectivity index (χ1) is 8.11. The van der Waals surface area contributed by atoms with E-state index >= 15 is 0 Å².